The topological polar surface area (TPSA) is 20.3 Å². The van der Waals surface area contributed by atoms with E-state index in [0.717, 1.165) is 36.8 Å². The zero-order valence-corrected chi connectivity index (χ0v) is 14.0. The van der Waals surface area contributed by atoms with Gasteiger partial charge in [-0.1, -0.05) is 15.9 Å². The molecule has 98 valence electrons. The smallest absolute Gasteiger partial charge is 0.253 e. The molecule has 0 saturated carbocycles. The zero-order valence-electron chi connectivity index (χ0n) is 10.2. The van der Waals surface area contributed by atoms with Gasteiger partial charge in [0.1, 0.15) is 0 Å². The number of hydrogen-bond donors (Lipinski definition) is 0. The van der Waals surface area contributed by atoms with Crippen molar-refractivity contribution in [2.45, 2.75) is 19.3 Å². The molecule has 0 bridgehead atoms. The Balaban J connectivity index is 2.02. The molecule has 1 fully saturated rings. The summed E-state index contributed by atoms with van der Waals surface area (Å²) < 4.78 is 1.17. The molecule has 1 amide bonds. The second-order valence-corrected chi connectivity index (χ2v) is 6.78. The Morgan fingerprint density at radius 2 is 2.11 bits per heavy atom. The lowest BCUT2D eigenvalue weighted by atomic mass is 9.95. The van der Waals surface area contributed by atoms with E-state index in [1.807, 2.05) is 29.2 Å². The molecule has 4 heteroatoms. The number of piperidine rings is 1. The first kappa shape index (κ1) is 14.3. The molecule has 1 aliphatic heterocycles. The lowest BCUT2D eigenvalue weighted by molar-refractivity contribution is 0.0672. The number of hydrogen-bond acceptors (Lipinski definition) is 1. The van der Waals surface area contributed by atoms with Crippen LogP contribution in [0.2, 0.25) is 0 Å². The maximum atomic E-state index is 12.4. The predicted molar refractivity (Wildman–Crippen MR) is 86.2 cm³/mol. The number of carbonyl (C=O) groups excluding carboxylic acids is 1. The van der Waals surface area contributed by atoms with Gasteiger partial charge in [-0.15, -0.1) is 0 Å². The minimum absolute atomic E-state index is 0.186. The fraction of sp³-hybridized carbons (Fsp3) is 0.500. The van der Waals surface area contributed by atoms with Gasteiger partial charge < -0.3 is 4.90 Å². The summed E-state index contributed by atoms with van der Waals surface area (Å²) in [6.07, 6.45) is 3.55. The Labute approximate surface area is 130 Å². The Bertz CT molecular complexity index is 405. The molecule has 1 aromatic carbocycles. The van der Waals surface area contributed by atoms with Crippen LogP contribution < -0.4 is 0 Å². The number of likely N-dealkylation sites (tertiary alicyclic amines) is 1. The zero-order chi connectivity index (χ0) is 13.0. The fourth-order valence-corrected chi connectivity index (χ4v) is 3.42. The van der Waals surface area contributed by atoms with Crippen LogP contribution in [0.5, 0.6) is 0 Å². The van der Waals surface area contributed by atoms with Gasteiger partial charge in [0.2, 0.25) is 0 Å². The van der Waals surface area contributed by atoms with Crippen molar-refractivity contribution < 1.29 is 4.79 Å². The summed E-state index contributed by atoms with van der Waals surface area (Å²) in [6, 6.07) is 7.85. The van der Waals surface area contributed by atoms with Gasteiger partial charge in [-0.25, -0.2) is 0 Å². The lowest BCUT2D eigenvalue weighted by Crippen LogP contribution is -2.40. The molecular formula is C14H17BrINO. The number of alkyl halides is 1. The Hall–Kier alpha value is -0.100. The van der Waals surface area contributed by atoms with E-state index in [0.29, 0.717) is 5.92 Å². The quantitative estimate of drug-likeness (QED) is 0.534. The van der Waals surface area contributed by atoms with Crippen molar-refractivity contribution in [3.63, 3.8) is 0 Å². The number of carbonyl (C=O) groups is 1. The van der Waals surface area contributed by atoms with Crippen LogP contribution in [0.3, 0.4) is 0 Å². The molecule has 0 N–H and O–H groups in total. The van der Waals surface area contributed by atoms with Crippen molar-refractivity contribution in [3.8, 4) is 0 Å². The molecule has 1 atom stereocenters. The second kappa shape index (κ2) is 6.89. The third-order valence-corrected chi connectivity index (χ3v) is 4.59. The largest absolute Gasteiger partial charge is 0.338 e. The molecule has 1 aromatic rings. The number of rotatable bonds is 3. The van der Waals surface area contributed by atoms with Crippen molar-refractivity contribution in [3.05, 3.63) is 33.4 Å². The van der Waals surface area contributed by atoms with Crippen LogP contribution in [0.4, 0.5) is 0 Å². The number of amides is 1. The van der Waals surface area contributed by atoms with Gasteiger partial charge in [0, 0.05) is 27.6 Å². The lowest BCUT2D eigenvalue weighted by Gasteiger charge is -2.32. The standard InChI is InChI=1S/C14H17BrINO/c15-8-7-11-2-1-9-17(10-11)14(18)12-3-5-13(16)6-4-12/h3-6,11H,1-2,7-10H2. The molecular weight excluding hydrogens is 405 g/mol. The molecule has 18 heavy (non-hydrogen) atoms. The maximum Gasteiger partial charge on any atom is 0.253 e. The van der Waals surface area contributed by atoms with E-state index in [4.69, 9.17) is 0 Å². The monoisotopic (exact) mass is 421 g/mol. The molecule has 1 saturated heterocycles. The van der Waals surface area contributed by atoms with E-state index < -0.39 is 0 Å². The van der Waals surface area contributed by atoms with E-state index in [9.17, 15) is 4.79 Å². The minimum atomic E-state index is 0.186. The first-order valence-corrected chi connectivity index (χ1v) is 8.51. The van der Waals surface area contributed by atoms with Crippen LogP contribution in [0.25, 0.3) is 0 Å². The molecule has 0 aromatic heterocycles. The fourth-order valence-electron chi connectivity index (χ4n) is 2.41. The Kier molecular flexibility index (Phi) is 5.48. The van der Waals surface area contributed by atoms with Crippen LogP contribution in [-0.4, -0.2) is 29.2 Å². The van der Waals surface area contributed by atoms with Crippen molar-refractivity contribution in [2.24, 2.45) is 5.92 Å². The molecule has 1 heterocycles. The molecule has 0 aliphatic carbocycles. The van der Waals surface area contributed by atoms with Gasteiger partial charge >= 0.3 is 0 Å². The molecule has 0 spiro atoms. The third-order valence-electron chi connectivity index (χ3n) is 3.41. The summed E-state index contributed by atoms with van der Waals surface area (Å²) in [5.41, 5.74) is 0.815. The van der Waals surface area contributed by atoms with Gasteiger partial charge in [0.25, 0.3) is 5.91 Å². The van der Waals surface area contributed by atoms with Crippen LogP contribution in [-0.2, 0) is 0 Å². The SMILES string of the molecule is O=C(c1ccc(I)cc1)N1CCCC(CCBr)C1. The number of nitrogens with zero attached hydrogens (tertiary/aromatic N) is 1. The molecule has 2 nitrogen and oxygen atoms in total. The minimum Gasteiger partial charge on any atom is -0.338 e. The van der Waals surface area contributed by atoms with Gasteiger partial charge in [-0.3, -0.25) is 4.79 Å². The van der Waals surface area contributed by atoms with Gasteiger partial charge in [-0.2, -0.15) is 0 Å². The summed E-state index contributed by atoms with van der Waals surface area (Å²) >= 11 is 5.75. The molecule has 2 rings (SSSR count). The van der Waals surface area contributed by atoms with E-state index in [1.54, 1.807) is 0 Å². The normalized spacial score (nSPS) is 19.9. The number of benzene rings is 1. The highest BCUT2D eigenvalue weighted by atomic mass is 127. The van der Waals surface area contributed by atoms with Crippen LogP contribution in [0, 0.1) is 9.49 Å². The summed E-state index contributed by atoms with van der Waals surface area (Å²) in [6.45, 7) is 1.82. The second-order valence-electron chi connectivity index (χ2n) is 4.74. The van der Waals surface area contributed by atoms with Gasteiger partial charge in [-0.05, 0) is 72.0 Å². The van der Waals surface area contributed by atoms with Crippen LogP contribution >= 0.6 is 38.5 Å². The van der Waals surface area contributed by atoms with Gasteiger partial charge in [0.15, 0.2) is 0 Å². The van der Waals surface area contributed by atoms with E-state index >= 15 is 0 Å². The Morgan fingerprint density at radius 3 is 2.78 bits per heavy atom. The van der Waals surface area contributed by atoms with Crippen molar-refractivity contribution in [1.82, 2.24) is 4.90 Å². The van der Waals surface area contributed by atoms with Crippen molar-refractivity contribution >= 4 is 44.4 Å². The summed E-state index contributed by atoms with van der Waals surface area (Å²) in [7, 11) is 0. The van der Waals surface area contributed by atoms with E-state index in [1.165, 1.54) is 9.99 Å². The average Bonchev–Trinajstić information content (AvgIpc) is 2.39. The molecule has 1 unspecified atom stereocenters. The van der Waals surface area contributed by atoms with Crippen molar-refractivity contribution in [2.75, 3.05) is 18.4 Å². The van der Waals surface area contributed by atoms with Crippen LogP contribution in [0.1, 0.15) is 29.6 Å². The molecule has 0 radical (unpaired) electrons. The highest BCUT2D eigenvalue weighted by Crippen LogP contribution is 2.22. The summed E-state index contributed by atoms with van der Waals surface area (Å²) in [5, 5.41) is 1.03. The number of halogens is 2. The highest BCUT2D eigenvalue weighted by molar-refractivity contribution is 14.1. The Morgan fingerprint density at radius 1 is 1.39 bits per heavy atom. The third kappa shape index (κ3) is 3.70. The first-order chi connectivity index (χ1) is 8.70. The van der Waals surface area contributed by atoms with E-state index in [-0.39, 0.29) is 5.91 Å². The first-order valence-electron chi connectivity index (χ1n) is 6.31. The predicted octanol–water partition coefficient (Wildman–Crippen LogP) is 3.93. The van der Waals surface area contributed by atoms with E-state index in [2.05, 4.69) is 38.5 Å². The van der Waals surface area contributed by atoms with Gasteiger partial charge in [0.05, 0.1) is 0 Å². The molecule has 1 aliphatic rings. The maximum absolute atomic E-state index is 12.4. The van der Waals surface area contributed by atoms with Crippen LogP contribution in [0.15, 0.2) is 24.3 Å². The average molecular weight is 422 g/mol. The van der Waals surface area contributed by atoms with Crippen molar-refractivity contribution in [1.29, 1.82) is 0 Å². The highest BCUT2D eigenvalue weighted by Gasteiger charge is 2.23. The summed E-state index contributed by atoms with van der Waals surface area (Å²) in [4.78, 5) is 14.4. The summed E-state index contributed by atoms with van der Waals surface area (Å²) in [5.74, 6) is 0.844.